The molecule has 0 amide bonds. The Bertz CT molecular complexity index is 682. The Labute approximate surface area is 131 Å². The summed E-state index contributed by atoms with van der Waals surface area (Å²) >= 11 is 5.51. The van der Waals surface area contributed by atoms with Gasteiger partial charge in [0, 0.05) is 12.1 Å². The number of benzene rings is 1. The van der Waals surface area contributed by atoms with E-state index < -0.39 is 0 Å². The lowest BCUT2D eigenvalue weighted by molar-refractivity contribution is 0.170. The van der Waals surface area contributed by atoms with E-state index >= 15 is 0 Å². The van der Waals surface area contributed by atoms with E-state index in [1.807, 2.05) is 26.0 Å². The number of imidazole rings is 1. The van der Waals surface area contributed by atoms with E-state index in [0.29, 0.717) is 0 Å². The van der Waals surface area contributed by atoms with Crippen LogP contribution in [0.2, 0.25) is 0 Å². The van der Waals surface area contributed by atoms with Crippen molar-refractivity contribution in [3.63, 3.8) is 0 Å². The Morgan fingerprint density at radius 3 is 2.57 bits per heavy atom. The van der Waals surface area contributed by atoms with Gasteiger partial charge in [0.15, 0.2) is 4.77 Å². The van der Waals surface area contributed by atoms with E-state index in [9.17, 15) is 0 Å². The first-order valence-electron chi connectivity index (χ1n) is 7.28. The molecule has 0 bridgehead atoms. The topological polar surface area (TPSA) is 33.2 Å². The molecule has 4 nitrogen and oxygen atoms in total. The second-order valence-electron chi connectivity index (χ2n) is 6.54. The fourth-order valence-electron chi connectivity index (χ4n) is 2.19. The molecule has 0 unspecified atom stereocenters. The van der Waals surface area contributed by atoms with Crippen LogP contribution in [-0.4, -0.2) is 40.2 Å². The maximum absolute atomic E-state index is 5.87. The Kier molecular flexibility index (Phi) is 4.44. The van der Waals surface area contributed by atoms with Crippen LogP contribution < -0.4 is 4.74 Å². The largest absolute Gasteiger partial charge is 0.489 e. The van der Waals surface area contributed by atoms with Crippen LogP contribution >= 0.6 is 12.2 Å². The summed E-state index contributed by atoms with van der Waals surface area (Å²) in [4.78, 5) is 5.51. The van der Waals surface area contributed by atoms with Gasteiger partial charge in [0.05, 0.1) is 11.6 Å². The predicted molar refractivity (Wildman–Crippen MR) is 90.7 cm³/mol. The lowest BCUT2D eigenvalue weighted by atomic mass is 10.0. The van der Waals surface area contributed by atoms with Crippen molar-refractivity contribution in [2.45, 2.75) is 45.9 Å². The van der Waals surface area contributed by atoms with E-state index in [2.05, 4.69) is 48.5 Å². The van der Waals surface area contributed by atoms with Gasteiger partial charge < -0.3 is 19.2 Å². The Morgan fingerprint density at radius 2 is 2.00 bits per heavy atom. The van der Waals surface area contributed by atoms with E-state index in [1.54, 1.807) is 0 Å². The third-order valence-corrected chi connectivity index (χ3v) is 4.21. The highest BCUT2D eigenvalue weighted by atomic mass is 32.1. The zero-order valence-corrected chi connectivity index (χ0v) is 14.5. The summed E-state index contributed by atoms with van der Waals surface area (Å²) < 4.78 is 8.76. The molecular weight excluding hydrogens is 282 g/mol. The molecule has 0 saturated heterocycles. The Balaban J connectivity index is 2.51. The highest BCUT2D eigenvalue weighted by molar-refractivity contribution is 7.71. The second kappa shape index (κ2) is 5.81. The molecule has 0 spiro atoms. The smallest absolute Gasteiger partial charge is 0.178 e. The molecule has 0 aliphatic carbocycles. The molecule has 2 aromatic rings. The predicted octanol–water partition coefficient (Wildman–Crippen LogP) is 3.83. The van der Waals surface area contributed by atoms with E-state index in [0.717, 1.165) is 28.1 Å². The minimum Gasteiger partial charge on any atom is -0.489 e. The van der Waals surface area contributed by atoms with Crippen LogP contribution in [0.5, 0.6) is 5.75 Å². The summed E-state index contributed by atoms with van der Waals surface area (Å²) in [5.74, 6) is 0.856. The molecule has 0 aliphatic heterocycles. The maximum Gasteiger partial charge on any atom is 0.178 e. The minimum atomic E-state index is 0.0161. The minimum absolute atomic E-state index is 0.0161. The number of nitrogens with zero attached hydrogens (tertiary/aromatic N) is 2. The average Bonchev–Trinajstić information content (AvgIpc) is 2.66. The van der Waals surface area contributed by atoms with Gasteiger partial charge in [-0.25, -0.2) is 0 Å². The Hall–Kier alpha value is -1.33. The normalized spacial score (nSPS) is 12.6. The van der Waals surface area contributed by atoms with Gasteiger partial charge in [-0.05, 0) is 66.1 Å². The molecule has 1 N–H and O–H groups in total. The molecule has 0 fully saturated rings. The van der Waals surface area contributed by atoms with Crippen LogP contribution in [0.4, 0.5) is 0 Å². The van der Waals surface area contributed by atoms with Gasteiger partial charge in [-0.2, -0.15) is 0 Å². The van der Waals surface area contributed by atoms with Crippen molar-refractivity contribution in [3.05, 3.63) is 23.0 Å². The molecular formula is C16H25N3OS. The van der Waals surface area contributed by atoms with Crippen LogP contribution in [0.25, 0.3) is 11.0 Å². The summed E-state index contributed by atoms with van der Waals surface area (Å²) in [5.41, 5.74) is 2.08. The molecule has 1 heterocycles. The van der Waals surface area contributed by atoms with Crippen LogP contribution in [0.3, 0.4) is 0 Å². The molecule has 5 heteroatoms. The number of rotatable bonds is 5. The number of fused-ring (bicyclic) bond motifs is 1. The molecule has 0 atom stereocenters. The summed E-state index contributed by atoms with van der Waals surface area (Å²) in [7, 11) is 4.18. The number of nitrogens with one attached hydrogen (secondary N) is 1. The van der Waals surface area contributed by atoms with Gasteiger partial charge in [0.25, 0.3) is 0 Å². The molecule has 1 aromatic heterocycles. The first-order valence-corrected chi connectivity index (χ1v) is 7.69. The number of aromatic amines is 1. The summed E-state index contributed by atoms with van der Waals surface area (Å²) in [6.45, 7) is 9.30. The first kappa shape index (κ1) is 16.0. The van der Waals surface area contributed by atoms with Crippen molar-refractivity contribution in [2.75, 3.05) is 14.1 Å². The fraction of sp³-hybridized carbons (Fsp3) is 0.562. The standard InChI is InChI=1S/C16H25N3OS/c1-11(2)20-13-9-7-8-12-14(13)17-15(21)19(12)10-16(3,4)18(5)6/h7-9,11H,10H2,1-6H3,(H,17,21). The number of ether oxygens (including phenoxy) is 1. The van der Waals surface area contributed by atoms with Crippen molar-refractivity contribution < 1.29 is 4.74 Å². The van der Waals surface area contributed by atoms with Gasteiger partial charge in [-0.15, -0.1) is 0 Å². The van der Waals surface area contributed by atoms with Crippen LogP contribution in [-0.2, 0) is 6.54 Å². The zero-order chi connectivity index (χ0) is 15.8. The van der Waals surface area contributed by atoms with Crippen LogP contribution in [0.15, 0.2) is 18.2 Å². The summed E-state index contributed by atoms with van der Waals surface area (Å²) in [6.07, 6.45) is 0.138. The number of hydrogen-bond acceptors (Lipinski definition) is 3. The fourth-order valence-corrected chi connectivity index (χ4v) is 2.46. The van der Waals surface area contributed by atoms with Gasteiger partial charge in [0.2, 0.25) is 0 Å². The molecule has 21 heavy (non-hydrogen) atoms. The average molecular weight is 307 g/mol. The molecule has 0 saturated carbocycles. The van der Waals surface area contributed by atoms with Crippen molar-refractivity contribution in [1.82, 2.24) is 14.5 Å². The summed E-state index contributed by atoms with van der Waals surface area (Å²) in [5, 5.41) is 0. The van der Waals surface area contributed by atoms with Crippen molar-refractivity contribution >= 4 is 23.3 Å². The molecule has 1 aromatic carbocycles. The first-order chi connectivity index (χ1) is 9.72. The highest BCUT2D eigenvalue weighted by Crippen LogP contribution is 2.27. The van der Waals surface area contributed by atoms with Crippen LogP contribution in [0.1, 0.15) is 27.7 Å². The van der Waals surface area contributed by atoms with Gasteiger partial charge in [-0.3, -0.25) is 0 Å². The number of likely N-dealkylation sites (N-methyl/N-ethyl adjacent to an activating group) is 1. The SMILES string of the molecule is CC(C)Oc1cccc2c1[nH]c(=S)n2CC(C)(C)N(C)C. The van der Waals surface area contributed by atoms with Gasteiger partial charge in [-0.1, -0.05) is 6.07 Å². The molecule has 0 radical (unpaired) electrons. The molecule has 116 valence electrons. The van der Waals surface area contributed by atoms with Crippen molar-refractivity contribution in [2.24, 2.45) is 0 Å². The summed E-state index contributed by atoms with van der Waals surface area (Å²) in [6, 6.07) is 6.08. The van der Waals surface area contributed by atoms with E-state index in [4.69, 9.17) is 17.0 Å². The lowest BCUT2D eigenvalue weighted by Crippen LogP contribution is -2.42. The van der Waals surface area contributed by atoms with E-state index in [1.165, 1.54) is 0 Å². The quantitative estimate of drug-likeness (QED) is 0.852. The molecule has 0 aliphatic rings. The lowest BCUT2D eigenvalue weighted by Gasteiger charge is -2.33. The highest BCUT2D eigenvalue weighted by Gasteiger charge is 2.23. The second-order valence-corrected chi connectivity index (χ2v) is 6.93. The maximum atomic E-state index is 5.87. The third kappa shape index (κ3) is 3.30. The van der Waals surface area contributed by atoms with Gasteiger partial charge in [0.1, 0.15) is 11.3 Å². The van der Waals surface area contributed by atoms with Crippen molar-refractivity contribution in [3.8, 4) is 5.75 Å². The van der Waals surface area contributed by atoms with E-state index in [-0.39, 0.29) is 11.6 Å². The number of hydrogen-bond donors (Lipinski definition) is 1. The molecule has 2 rings (SSSR count). The zero-order valence-electron chi connectivity index (χ0n) is 13.7. The monoisotopic (exact) mass is 307 g/mol. The third-order valence-electron chi connectivity index (χ3n) is 3.89. The van der Waals surface area contributed by atoms with Gasteiger partial charge >= 0.3 is 0 Å². The van der Waals surface area contributed by atoms with Crippen LogP contribution in [0, 0.1) is 4.77 Å². The number of aromatic nitrogens is 2. The van der Waals surface area contributed by atoms with Crippen molar-refractivity contribution in [1.29, 1.82) is 0 Å². The number of H-pyrrole nitrogens is 1. The number of para-hydroxylation sites is 1. The Morgan fingerprint density at radius 1 is 1.33 bits per heavy atom.